The molecule has 0 amide bonds. The second-order valence-electron chi connectivity index (χ2n) is 7.28. The zero-order chi connectivity index (χ0) is 19.8. The molecule has 1 aliphatic rings. The maximum Gasteiger partial charge on any atom is 0.194 e. The van der Waals surface area contributed by atoms with Gasteiger partial charge in [0.15, 0.2) is 5.96 Å². The summed E-state index contributed by atoms with van der Waals surface area (Å²) in [7, 11) is 0. The average molecular weight is 511 g/mol. The van der Waals surface area contributed by atoms with E-state index < -0.39 is 0 Å². The van der Waals surface area contributed by atoms with Crippen molar-refractivity contribution in [2.75, 3.05) is 39.3 Å². The monoisotopic (exact) mass is 511 g/mol. The Bertz CT molecular complexity index is 766. The molecule has 0 aliphatic carbocycles. The van der Waals surface area contributed by atoms with E-state index in [1.165, 1.54) is 11.1 Å². The Balaban J connectivity index is 0.00000300. The molecule has 1 aromatic heterocycles. The van der Waals surface area contributed by atoms with Crippen LogP contribution in [0.2, 0.25) is 0 Å². The fourth-order valence-corrected chi connectivity index (χ4v) is 3.62. The number of halogens is 1. The van der Waals surface area contributed by atoms with E-state index >= 15 is 0 Å². The van der Waals surface area contributed by atoms with Crippen molar-refractivity contribution >= 4 is 29.9 Å². The number of nitrogens with zero attached hydrogens (tertiary/aromatic N) is 6. The maximum absolute atomic E-state index is 4.84. The van der Waals surface area contributed by atoms with Gasteiger partial charge in [-0.3, -0.25) is 9.89 Å². The molecule has 8 heteroatoms. The van der Waals surface area contributed by atoms with Crippen LogP contribution in [0.4, 0.5) is 0 Å². The van der Waals surface area contributed by atoms with Gasteiger partial charge in [-0.2, -0.15) is 0 Å². The molecule has 1 aromatic carbocycles. The molecule has 3 rings (SSSR count). The summed E-state index contributed by atoms with van der Waals surface area (Å²) in [6.45, 7) is 14.0. The first-order valence-electron chi connectivity index (χ1n) is 10.4. The Morgan fingerprint density at radius 3 is 2.66 bits per heavy atom. The second-order valence-corrected chi connectivity index (χ2v) is 7.28. The van der Waals surface area contributed by atoms with Crippen LogP contribution in [0.25, 0.3) is 0 Å². The molecule has 2 heterocycles. The Morgan fingerprint density at radius 1 is 1.17 bits per heavy atom. The van der Waals surface area contributed by atoms with Crippen LogP contribution in [0.5, 0.6) is 0 Å². The van der Waals surface area contributed by atoms with Crippen molar-refractivity contribution in [1.82, 2.24) is 29.9 Å². The highest BCUT2D eigenvalue weighted by Crippen LogP contribution is 2.10. The first-order valence-corrected chi connectivity index (χ1v) is 10.4. The van der Waals surface area contributed by atoms with Gasteiger partial charge in [-0.15, -0.1) is 34.2 Å². The van der Waals surface area contributed by atoms with Crippen molar-refractivity contribution in [1.29, 1.82) is 0 Å². The highest BCUT2D eigenvalue weighted by Gasteiger charge is 2.19. The number of hydrogen-bond acceptors (Lipinski definition) is 4. The van der Waals surface area contributed by atoms with Crippen molar-refractivity contribution in [3.05, 3.63) is 47.5 Å². The first-order chi connectivity index (χ1) is 13.7. The minimum atomic E-state index is 0. The lowest BCUT2D eigenvalue weighted by atomic mass is 10.1. The van der Waals surface area contributed by atoms with Crippen LogP contribution in [0.1, 0.15) is 30.8 Å². The van der Waals surface area contributed by atoms with Gasteiger partial charge in [-0.1, -0.05) is 36.8 Å². The third-order valence-corrected chi connectivity index (χ3v) is 5.11. The normalized spacial score (nSPS) is 15.3. The van der Waals surface area contributed by atoms with Crippen LogP contribution in [-0.4, -0.2) is 69.8 Å². The second kappa shape index (κ2) is 12.1. The summed E-state index contributed by atoms with van der Waals surface area (Å²) in [4.78, 5) is 9.75. The molecule has 1 N–H and O–H groups in total. The zero-order valence-corrected chi connectivity index (χ0v) is 20.2. The average Bonchev–Trinajstić information content (AvgIpc) is 3.15. The predicted octanol–water partition coefficient (Wildman–Crippen LogP) is 2.55. The number of hydrogen-bond donors (Lipinski definition) is 1. The first kappa shape index (κ1) is 23.6. The maximum atomic E-state index is 4.84. The van der Waals surface area contributed by atoms with Gasteiger partial charge in [0.25, 0.3) is 0 Å². The van der Waals surface area contributed by atoms with Crippen LogP contribution in [-0.2, 0) is 19.5 Å². The van der Waals surface area contributed by atoms with E-state index in [9.17, 15) is 0 Å². The number of nitrogens with one attached hydrogen (secondary N) is 1. The minimum absolute atomic E-state index is 0. The molecule has 1 saturated heterocycles. The number of aryl methyl sites for hydroxylation is 2. The quantitative estimate of drug-likeness (QED) is 0.352. The van der Waals surface area contributed by atoms with Gasteiger partial charge in [0.05, 0.1) is 6.54 Å². The number of aliphatic imine (C=N–C) groups is 1. The predicted molar refractivity (Wildman–Crippen MR) is 129 cm³/mol. The zero-order valence-electron chi connectivity index (χ0n) is 17.8. The van der Waals surface area contributed by atoms with Gasteiger partial charge in [-0.25, -0.2) is 0 Å². The summed E-state index contributed by atoms with van der Waals surface area (Å²) in [5, 5.41) is 11.6. The number of guanidine groups is 1. The molecule has 7 nitrogen and oxygen atoms in total. The molecule has 0 unspecified atom stereocenters. The van der Waals surface area contributed by atoms with Crippen LogP contribution in [0.15, 0.2) is 35.6 Å². The highest BCUT2D eigenvalue weighted by atomic mass is 127. The highest BCUT2D eigenvalue weighted by molar-refractivity contribution is 14.0. The molecular weight excluding hydrogens is 477 g/mol. The molecule has 1 fully saturated rings. The van der Waals surface area contributed by atoms with E-state index in [0.717, 1.165) is 70.6 Å². The number of piperazine rings is 1. The van der Waals surface area contributed by atoms with Crippen molar-refractivity contribution in [2.24, 2.45) is 4.99 Å². The van der Waals surface area contributed by atoms with Crippen molar-refractivity contribution in [3.8, 4) is 0 Å². The van der Waals surface area contributed by atoms with Gasteiger partial charge in [0.2, 0.25) is 0 Å². The molecular formula is C21H34IN7. The molecule has 160 valence electrons. The summed E-state index contributed by atoms with van der Waals surface area (Å²) < 4.78 is 2.09. The number of aromatic nitrogens is 3. The van der Waals surface area contributed by atoms with Crippen LogP contribution in [0, 0.1) is 6.92 Å². The minimum Gasteiger partial charge on any atom is -0.357 e. The Labute approximate surface area is 191 Å². The summed E-state index contributed by atoms with van der Waals surface area (Å²) in [6, 6.07) is 8.81. The van der Waals surface area contributed by atoms with E-state index in [1.807, 2.05) is 0 Å². The van der Waals surface area contributed by atoms with E-state index in [2.05, 4.69) is 74.9 Å². The molecule has 0 radical (unpaired) electrons. The fraction of sp³-hybridized carbons (Fsp3) is 0.571. The van der Waals surface area contributed by atoms with Gasteiger partial charge < -0.3 is 14.8 Å². The SMILES string of the molecule is CCNC(=NCCn1cnnc1CC)N1CCN(Cc2cccc(C)c2)CC1.I. The van der Waals surface area contributed by atoms with E-state index in [-0.39, 0.29) is 24.0 Å². The molecule has 2 aromatic rings. The summed E-state index contributed by atoms with van der Waals surface area (Å²) in [6.07, 6.45) is 2.69. The Morgan fingerprint density at radius 2 is 1.97 bits per heavy atom. The van der Waals surface area contributed by atoms with Gasteiger partial charge >= 0.3 is 0 Å². The molecule has 29 heavy (non-hydrogen) atoms. The lowest BCUT2D eigenvalue weighted by Crippen LogP contribution is -2.52. The number of rotatable bonds is 7. The van der Waals surface area contributed by atoms with E-state index in [4.69, 9.17) is 4.99 Å². The van der Waals surface area contributed by atoms with Crippen molar-refractivity contribution < 1.29 is 0 Å². The third-order valence-electron chi connectivity index (χ3n) is 5.11. The topological polar surface area (TPSA) is 61.6 Å². The van der Waals surface area contributed by atoms with Crippen molar-refractivity contribution in [3.63, 3.8) is 0 Å². The Hall–Kier alpha value is -1.68. The van der Waals surface area contributed by atoms with Gasteiger partial charge in [0, 0.05) is 52.2 Å². The van der Waals surface area contributed by atoms with Crippen molar-refractivity contribution in [2.45, 2.75) is 40.3 Å². The third kappa shape index (κ3) is 6.95. The van der Waals surface area contributed by atoms with Crippen LogP contribution >= 0.6 is 24.0 Å². The van der Waals surface area contributed by atoms with Gasteiger partial charge in [0.1, 0.15) is 12.2 Å². The van der Waals surface area contributed by atoms with E-state index in [0.29, 0.717) is 0 Å². The lowest BCUT2D eigenvalue weighted by Gasteiger charge is -2.36. The molecule has 0 bridgehead atoms. The molecule has 0 spiro atoms. The Kier molecular flexibility index (Phi) is 9.86. The van der Waals surface area contributed by atoms with Crippen LogP contribution < -0.4 is 5.32 Å². The largest absolute Gasteiger partial charge is 0.357 e. The molecule has 1 aliphatic heterocycles. The van der Waals surface area contributed by atoms with E-state index in [1.54, 1.807) is 6.33 Å². The summed E-state index contributed by atoms with van der Waals surface area (Å²) >= 11 is 0. The van der Waals surface area contributed by atoms with Crippen LogP contribution in [0.3, 0.4) is 0 Å². The molecule has 0 saturated carbocycles. The smallest absolute Gasteiger partial charge is 0.194 e. The lowest BCUT2D eigenvalue weighted by molar-refractivity contribution is 0.172. The number of benzene rings is 1. The molecule has 0 atom stereocenters. The summed E-state index contributed by atoms with van der Waals surface area (Å²) in [5.74, 6) is 2.04. The van der Waals surface area contributed by atoms with Gasteiger partial charge in [-0.05, 0) is 19.4 Å². The fourth-order valence-electron chi connectivity index (χ4n) is 3.62. The summed E-state index contributed by atoms with van der Waals surface area (Å²) in [5.41, 5.74) is 2.73. The standard InChI is InChI=1S/C21H33N7.HI/c1-4-20-25-24-17-28(20)10-9-23-21(22-5-2)27-13-11-26(12-14-27)16-19-8-6-7-18(3)15-19;/h6-8,15,17H,4-5,9-14,16H2,1-3H3,(H,22,23);1H.